The van der Waals surface area contributed by atoms with Crippen LogP contribution in [0.25, 0.3) is 0 Å². The summed E-state index contributed by atoms with van der Waals surface area (Å²) < 4.78 is 10.8. The number of benzene rings is 1. The second kappa shape index (κ2) is 13.1. The molecular formula is C22H34IN5O2S. The van der Waals surface area contributed by atoms with E-state index in [0.717, 1.165) is 68.0 Å². The van der Waals surface area contributed by atoms with Crippen molar-refractivity contribution in [3.8, 4) is 11.5 Å². The first kappa shape index (κ1) is 25.7. The molecule has 172 valence electrons. The van der Waals surface area contributed by atoms with Gasteiger partial charge in [0.15, 0.2) is 5.96 Å². The van der Waals surface area contributed by atoms with Crippen molar-refractivity contribution in [2.24, 2.45) is 4.99 Å². The van der Waals surface area contributed by atoms with E-state index in [1.165, 1.54) is 10.4 Å². The molecule has 1 unspecified atom stereocenters. The van der Waals surface area contributed by atoms with Crippen LogP contribution in [0.3, 0.4) is 0 Å². The van der Waals surface area contributed by atoms with Crippen LogP contribution in [0.4, 0.5) is 0 Å². The molecule has 0 spiro atoms. The molecule has 0 saturated carbocycles. The molecule has 0 amide bonds. The van der Waals surface area contributed by atoms with Crippen molar-refractivity contribution in [2.45, 2.75) is 39.3 Å². The molecule has 1 atom stereocenters. The van der Waals surface area contributed by atoms with Crippen LogP contribution in [0, 0.1) is 6.92 Å². The van der Waals surface area contributed by atoms with E-state index >= 15 is 0 Å². The zero-order chi connectivity index (χ0) is 21.3. The zero-order valence-corrected chi connectivity index (χ0v) is 22.0. The summed E-state index contributed by atoms with van der Waals surface area (Å²) in [5.41, 5.74) is 1.20. The monoisotopic (exact) mass is 559 g/mol. The number of aromatic nitrogens is 1. The molecule has 1 aromatic carbocycles. The van der Waals surface area contributed by atoms with Crippen LogP contribution in [-0.2, 0) is 13.0 Å². The quantitative estimate of drug-likeness (QED) is 0.279. The maximum Gasteiger partial charge on any atom is 0.191 e. The van der Waals surface area contributed by atoms with Gasteiger partial charge in [-0.3, -0.25) is 9.89 Å². The first-order valence-electron chi connectivity index (χ1n) is 10.5. The molecule has 1 aliphatic heterocycles. The van der Waals surface area contributed by atoms with Gasteiger partial charge in [0, 0.05) is 62.3 Å². The summed E-state index contributed by atoms with van der Waals surface area (Å²) in [4.78, 5) is 12.9. The summed E-state index contributed by atoms with van der Waals surface area (Å²) in [6.07, 6.45) is 3.90. The van der Waals surface area contributed by atoms with Crippen LogP contribution in [0.2, 0.25) is 0 Å². The summed E-state index contributed by atoms with van der Waals surface area (Å²) in [7, 11) is 3.37. The van der Waals surface area contributed by atoms with Crippen LogP contribution in [-0.4, -0.2) is 62.3 Å². The lowest BCUT2D eigenvalue weighted by molar-refractivity contribution is 0.321. The van der Waals surface area contributed by atoms with Gasteiger partial charge in [-0.1, -0.05) is 0 Å². The molecule has 9 heteroatoms. The highest BCUT2D eigenvalue weighted by atomic mass is 127. The predicted octanol–water partition coefficient (Wildman–Crippen LogP) is 3.46. The average Bonchev–Trinajstić information content (AvgIpc) is 3.36. The van der Waals surface area contributed by atoms with E-state index in [1.54, 1.807) is 25.6 Å². The van der Waals surface area contributed by atoms with Crippen LogP contribution >= 0.6 is 35.3 Å². The minimum atomic E-state index is 0. The Labute approximate surface area is 206 Å². The second-order valence-corrected chi connectivity index (χ2v) is 8.78. The van der Waals surface area contributed by atoms with Crippen molar-refractivity contribution in [1.82, 2.24) is 20.5 Å². The highest BCUT2D eigenvalue weighted by Gasteiger charge is 2.23. The lowest BCUT2D eigenvalue weighted by atomic mass is 10.2. The number of guanidine groups is 1. The molecule has 2 aromatic rings. The third-order valence-corrected chi connectivity index (χ3v) is 6.01. The Bertz CT molecular complexity index is 823. The lowest BCUT2D eigenvalue weighted by Crippen LogP contribution is -2.44. The molecule has 1 fully saturated rings. The Morgan fingerprint density at radius 3 is 2.61 bits per heavy atom. The number of likely N-dealkylation sites (tertiary alicyclic amines) is 1. The maximum atomic E-state index is 5.39. The van der Waals surface area contributed by atoms with Crippen molar-refractivity contribution in [3.05, 3.63) is 39.8 Å². The number of thiazole rings is 1. The summed E-state index contributed by atoms with van der Waals surface area (Å²) in [5.74, 6) is 2.55. The highest BCUT2D eigenvalue weighted by molar-refractivity contribution is 14.0. The van der Waals surface area contributed by atoms with Crippen LogP contribution in [0.5, 0.6) is 11.5 Å². The molecule has 0 aliphatic carbocycles. The number of nitrogens with zero attached hydrogens (tertiary/aromatic N) is 3. The number of aliphatic imine (C=N–C) groups is 1. The topological polar surface area (TPSA) is 71.0 Å². The van der Waals surface area contributed by atoms with Crippen LogP contribution in [0.15, 0.2) is 29.4 Å². The number of hydrogen-bond acceptors (Lipinski definition) is 6. The first-order valence-corrected chi connectivity index (χ1v) is 11.3. The smallest absolute Gasteiger partial charge is 0.191 e. The molecular weight excluding hydrogens is 525 g/mol. The molecule has 1 aromatic heterocycles. The summed E-state index contributed by atoms with van der Waals surface area (Å²) in [5, 5.41) is 8.11. The maximum absolute atomic E-state index is 5.39. The third-order valence-electron chi connectivity index (χ3n) is 5.04. The fourth-order valence-electron chi connectivity index (χ4n) is 3.60. The Balaban J connectivity index is 0.00000341. The van der Waals surface area contributed by atoms with Gasteiger partial charge in [-0.05, 0) is 38.0 Å². The minimum Gasteiger partial charge on any atom is -0.497 e. The summed E-state index contributed by atoms with van der Waals surface area (Å²) in [6, 6.07) is 6.45. The summed E-state index contributed by atoms with van der Waals surface area (Å²) >= 11 is 1.75. The van der Waals surface area contributed by atoms with Gasteiger partial charge >= 0.3 is 0 Å². The van der Waals surface area contributed by atoms with E-state index in [1.807, 2.05) is 12.3 Å². The van der Waals surface area contributed by atoms with Crippen molar-refractivity contribution in [1.29, 1.82) is 0 Å². The van der Waals surface area contributed by atoms with Gasteiger partial charge < -0.3 is 20.1 Å². The van der Waals surface area contributed by atoms with Gasteiger partial charge in [-0.25, -0.2) is 4.98 Å². The number of rotatable bonds is 9. The normalized spacial score (nSPS) is 16.6. The van der Waals surface area contributed by atoms with Crippen molar-refractivity contribution >= 4 is 41.3 Å². The van der Waals surface area contributed by atoms with E-state index in [9.17, 15) is 0 Å². The lowest BCUT2D eigenvalue weighted by Gasteiger charge is -2.19. The molecule has 7 nitrogen and oxygen atoms in total. The van der Waals surface area contributed by atoms with Crippen LogP contribution < -0.4 is 20.1 Å². The molecule has 0 bridgehead atoms. The van der Waals surface area contributed by atoms with Crippen molar-refractivity contribution < 1.29 is 9.47 Å². The Morgan fingerprint density at radius 2 is 2.00 bits per heavy atom. The van der Waals surface area contributed by atoms with Gasteiger partial charge in [-0.2, -0.15) is 0 Å². The predicted molar refractivity (Wildman–Crippen MR) is 138 cm³/mol. The molecule has 1 saturated heterocycles. The van der Waals surface area contributed by atoms with Crippen molar-refractivity contribution in [3.63, 3.8) is 0 Å². The number of nitrogens with one attached hydrogen (secondary N) is 2. The first-order chi connectivity index (χ1) is 14.6. The number of hydrogen-bond donors (Lipinski definition) is 2. The van der Waals surface area contributed by atoms with Crippen LogP contribution in [0.1, 0.15) is 28.8 Å². The Morgan fingerprint density at radius 1 is 1.26 bits per heavy atom. The van der Waals surface area contributed by atoms with Gasteiger partial charge in [0.2, 0.25) is 0 Å². The van der Waals surface area contributed by atoms with Gasteiger partial charge in [0.1, 0.15) is 11.5 Å². The largest absolute Gasteiger partial charge is 0.497 e. The van der Waals surface area contributed by atoms with E-state index in [4.69, 9.17) is 14.5 Å². The molecule has 0 radical (unpaired) electrons. The minimum absolute atomic E-state index is 0. The fourth-order valence-corrected chi connectivity index (χ4v) is 4.38. The van der Waals surface area contributed by atoms with Crippen molar-refractivity contribution in [2.75, 3.05) is 40.4 Å². The Hall–Kier alpha value is -1.59. The van der Waals surface area contributed by atoms with E-state index in [-0.39, 0.29) is 24.0 Å². The third kappa shape index (κ3) is 8.12. The standard InChI is InChI=1S/C22H33N5O2S.HI/c1-5-23-22(24-8-6-21-25-13-16(2)30-21)26-18-7-9-27(15-18)14-17-10-19(28-3)12-20(11-17)29-4;/h10-13,18H,5-9,14-15H2,1-4H3,(H2,23,24,26);1H. The van der Waals surface area contributed by atoms with Gasteiger partial charge in [0.05, 0.1) is 19.2 Å². The fraction of sp³-hybridized carbons (Fsp3) is 0.545. The Kier molecular flexibility index (Phi) is 10.8. The number of ether oxygens (including phenoxy) is 2. The van der Waals surface area contributed by atoms with Gasteiger partial charge in [0.25, 0.3) is 0 Å². The number of methoxy groups -OCH3 is 2. The molecule has 3 rings (SSSR count). The highest BCUT2D eigenvalue weighted by Crippen LogP contribution is 2.24. The SMILES string of the molecule is CCNC(=NCCc1ncc(C)s1)NC1CCN(Cc2cc(OC)cc(OC)c2)C1.I. The van der Waals surface area contributed by atoms with E-state index < -0.39 is 0 Å². The number of aryl methyl sites for hydroxylation is 1. The van der Waals surface area contributed by atoms with Gasteiger partial charge in [-0.15, -0.1) is 35.3 Å². The average molecular weight is 560 g/mol. The second-order valence-electron chi connectivity index (χ2n) is 7.46. The summed E-state index contributed by atoms with van der Waals surface area (Å²) in [6.45, 7) is 8.68. The van der Waals surface area contributed by atoms with E-state index in [2.05, 4.69) is 46.5 Å². The molecule has 2 heterocycles. The number of halogens is 1. The van der Waals surface area contributed by atoms with E-state index in [0.29, 0.717) is 6.04 Å². The molecule has 1 aliphatic rings. The molecule has 2 N–H and O–H groups in total. The molecule has 31 heavy (non-hydrogen) atoms. The zero-order valence-electron chi connectivity index (χ0n) is 18.8.